The van der Waals surface area contributed by atoms with E-state index in [1.165, 1.54) is 36.0 Å². The molecule has 0 unspecified atom stereocenters. The first-order chi connectivity index (χ1) is 13.0. The number of hydrogen-bond donors (Lipinski definition) is 2. The van der Waals surface area contributed by atoms with Crippen LogP contribution in [-0.4, -0.2) is 26.0 Å². The molecular weight excluding hydrogens is 389 g/mol. The molecule has 2 N–H and O–H groups in total. The maximum Gasteiger partial charge on any atom is 0.240 e. The smallest absolute Gasteiger partial charge is 0.240 e. The molecule has 0 bridgehead atoms. The van der Waals surface area contributed by atoms with Crippen molar-refractivity contribution >= 4 is 35.0 Å². The first-order valence-corrected chi connectivity index (χ1v) is 9.44. The molecule has 2 atom stereocenters. The minimum Gasteiger partial charge on any atom is -0.325 e. The number of rotatable bonds is 3. The molecule has 0 saturated heterocycles. The Kier molecular flexibility index (Phi) is 4.75. The van der Waals surface area contributed by atoms with Crippen molar-refractivity contribution in [3.05, 3.63) is 70.8 Å². The maximum absolute atomic E-state index is 13.1. The molecule has 1 aromatic heterocycles. The van der Waals surface area contributed by atoms with Crippen molar-refractivity contribution in [2.45, 2.75) is 23.4 Å². The minimum atomic E-state index is -0.507. The molecule has 0 spiro atoms. The number of fused-ring (bicyclic) bond motifs is 1. The SMILES string of the molecule is Cc1nnc2n1N[C@H](c1ccc(Cl)cc1)[C@@H](C(=O)Nc1ccc(F)cc1)S2. The van der Waals surface area contributed by atoms with Gasteiger partial charge < -0.3 is 10.7 Å². The lowest BCUT2D eigenvalue weighted by Crippen LogP contribution is -2.41. The van der Waals surface area contributed by atoms with E-state index >= 15 is 0 Å². The molecule has 0 fully saturated rings. The van der Waals surface area contributed by atoms with Crippen LogP contribution >= 0.6 is 23.4 Å². The summed E-state index contributed by atoms with van der Waals surface area (Å²) < 4.78 is 14.9. The number of amides is 1. The predicted octanol–water partition coefficient (Wildman–Crippen LogP) is 3.78. The Bertz CT molecular complexity index is 976. The normalized spacial score (nSPS) is 18.5. The molecule has 3 aromatic rings. The van der Waals surface area contributed by atoms with E-state index in [9.17, 15) is 9.18 Å². The lowest BCUT2D eigenvalue weighted by molar-refractivity contribution is -0.116. The molecule has 0 saturated carbocycles. The van der Waals surface area contributed by atoms with Gasteiger partial charge in [0.2, 0.25) is 11.1 Å². The molecule has 1 amide bonds. The fraction of sp³-hybridized carbons (Fsp3) is 0.167. The van der Waals surface area contributed by atoms with Gasteiger partial charge in [-0.15, -0.1) is 10.2 Å². The van der Waals surface area contributed by atoms with E-state index in [2.05, 4.69) is 20.9 Å². The van der Waals surface area contributed by atoms with E-state index in [4.69, 9.17) is 11.6 Å². The number of aromatic nitrogens is 3. The second-order valence-electron chi connectivity index (χ2n) is 6.06. The van der Waals surface area contributed by atoms with E-state index in [0.29, 0.717) is 21.7 Å². The highest BCUT2D eigenvalue weighted by atomic mass is 35.5. The van der Waals surface area contributed by atoms with Crippen molar-refractivity contribution in [1.29, 1.82) is 0 Å². The summed E-state index contributed by atoms with van der Waals surface area (Å²) >= 11 is 7.32. The number of nitrogens with one attached hydrogen (secondary N) is 2. The molecule has 1 aliphatic rings. The summed E-state index contributed by atoms with van der Waals surface area (Å²) in [6.45, 7) is 1.84. The highest BCUT2D eigenvalue weighted by Crippen LogP contribution is 2.37. The Morgan fingerprint density at radius 2 is 1.89 bits per heavy atom. The van der Waals surface area contributed by atoms with Crippen LogP contribution in [0.15, 0.2) is 53.7 Å². The highest BCUT2D eigenvalue weighted by Gasteiger charge is 2.37. The number of aryl methyl sites for hydroxylation is 1. The van der Waals surface area contributed by atoms with Crippen molar-refractivity contribution in [1.82, 2.24) is 14.9 Å². The number of halogens is 2. The third kappa shape index (κ3) is 3.63. The zero-order chi connectivity index (χ0) is 19.0. The fourth-order valence-corrected chi connectivity index (χ4v) is 4.08. The van der Waals surface area contributed by atoms with Gasteiger partial charge in [0.05, 0.1) is 6.04 Å². The summed E-state index contributed by atoms with van der Waals surface area (Å²) in [6.07, 6.45) is 0. The Morgan fingerprint density at radius 3 is 2.59 bits per heavy atom. The van der Waals surface area contributed by atoms with Crippen LogP contribution in [0, 0.1) is 12.7 Å². The third-order valence-corrected chi connectivity index (χ3v) is 5.66. The Balaban J connectivity index is 1.65. The van der Waals surface area contributed by atoms with E-state index in [0.717, 1.165) is 5.56 Å². The standard InChI is InChI=1S/C18H15ClFN5OS/c1-10-22-23-18-25(10)24-15(11-2-4-12(19)5-3-11)16(27-18)17(26)21-14-8-6-13(20)7-9-14/h2-9,15-16,24H,1H3,(H,21,26)/t15-,16+/m1/s1. The number of carbonyl (C=O) groups is 1. The summed E-state index contributed by atoms with van der Waals surface area (Å²) in [5.74, 6) is 0.129. The average molecular weight is 404 g/mol. The van der Waals surface area contributed by atoms with Gasteiger partial charge in [0.1, 0.15) is 16.9 Å². The lowest BCUT2D eigenvalue weighted by atomic mass is 10.0. The zero-order valence-electron chi connectivity index (χ0n) is 14.2. The number of anilines is 1. The van der Waals surface area contributed by atoms with Gasteiger partial charge >= 0.3 is 0 Å². The molecule has 6 nitrogen and oxygen atoms in total. The summed E-state index contributed by atoms with van der Waals surface area (Å²) in [5.41, 5.74) is 4.75. The lowest BCUT2D eigenvalue weighted by Gasteiger charge is -2.32. The Hall–Kier alpha value is -2.58. The van der Waals surface area contributed by atoms with Gasteiger partial charge in [-0.1, -0.05) is 35.5 Å². The van der Waals surface area contributed by atoms with Crippen molar-refractivity contribution in [2.24, 2.45) is 0 Å². The monoisotopic (exact) mass is 403 g/mol. The number of thioether (sulfide) groups is 1. The molecule has 9 heteroatoms. The molecule has 27 heavy (non-hydrogen) atoms. The fourth-order valence-electron chi connectivity index (χ4n) is 2.83. The van der Waals surface area contributed by atoms with Crippen LogP contribution in [0.3, 0.4) is 0 Å². The van der Waals surface area contributed by atoms with Crippen molar-refractivity contribution in [3.8, 4) is 0 Å². The first kappa shape index (κ1) is 17.8. The summed E-state index contributed by atoms with van der Waals surface area (Å²) in [5, 5.41) is 11.7. The van der Waals surface area contributed by atoms with E-state index in [-0.39, 0.29) is 17.8 Å². The number of benzene rings is 2. The van der Waals surface area contributed by atoms with Crippen molar-refractivity contribution in [3.63, 3.8) is 0 Å². The highest BCUT2D eigenvalue weighted by molar-refractivity contribution is 8.00. The van der Waals surface area contributed by atoms with Crippen LogP contribution in [0.5, 0.6) is 0 Å². The molecule has 138 valence electrons. The van der Waals surface area contributed by atoms with Crippen LogP contribution < -0.4 is 10.7 Å². The van der Waals surface area contributed by atoms with Gasteiger partial charge in [-0.3, -0.25) is 4.79 Å². The molecule has 2 aromatic carbocycles. The van der Waals surface area contributed by atoms with Crippen molar-refractivity contribution < 1.29 is 9.18 Å². The van der Waals surface area contributed by atoms with Crippen LogP contribution in [-0.2, 0) is 4.79 Å². The summed E-state index contributed by atoms with van der Waals surface area (Å²) in [6, 6.07) is 12.7. The molecule has 4 rings (SSSR count). The quantitative estimate of drug-likeness (QED) is 0.696. The second-order valence-corrected chi connectivity index (χ2v) is 7.60. The molecule has 1 aliphatic heterocycles. The predicted molar refractivity (Wildman–Crippen MR) is 103 cm³/mol. The number of hydrogen-bond acceptors (Lipinski definition) is 5. The van der Waals surface area contributed by atoms with Crippen LogP contribution in [0.1, 0.15) is 17.4 Å². The van der Waals surface area contributed by atoms with Crippen LogP contribution in [0.25, 0.3) is 0 Å². The number of carbonyl (C=O) groups excluding carboxylic acids is 1. The van der Waals surface area contributed by atoms with Crippen LogP contribution in [0.2, 0.25) is 5.02 Å². The van der Waals surface area contributed by atoms with Crippen molar-refractivity contribution in [2.75, 3.05) is 10.7 Å². The largest absolute Gasteiger partial charge is 0.325 e. The van der Waals surface area contributed by atoms with Gasteiger partial charge in [-0.05, 0) is 48.9 Å². The van der Waals surface area contributed by atoms with Gasteiger partial charge in [-0.2, -0.15) is 0 Å². The molecule has 2 heterocycles. The maximum atomic E-state index is 13.1. The van der Waals surface area contributed by atoms with Gasteiger partial charge in [0.15, 0.2) is 0 Å². The third-order valence-electron chi connectivity index (χ3n) is 4.20. The first-order valence-electron chi connectivity index (χ1n) is 8.18. The van der Waals surface area contributed by atoms with E-state index < -0.39 is 5.25 Å². The number of nitrogens with zero attached hydrogens (tertiary/aromatic N) is 3. The molecule has 0 radical (unpaired) electrons. The van der Waals surface area contributed by atoms with Gasteiger partial charge in [-0.25, -0.2) is 9.07 Å². The topological polar surface area (TPSA) is 71.8 Å². The summed E-state index contributed by atoms with van der Waals surface area (Å²) in [7, 11) is 0. The van der Waals surface area contributed by atoms with E-state index in [1.54, 1.807) is 16.8 Å². The van der Waals surface area contributed by atoms with Gasteiger partial charge in [0.25, 0.3) is 0 Å². The minimum absolute atomic E-state index is 0.217. The average Bonchev–Trinajstić information content (AvgIpc) is 3.03. The molecule has 0 aliphatic carbocycles. The zero-order valence-corrected chi connectivity index (χ0v) is 15.8. The Labute approximate surface area is 164 Å². The second kappa shape index (κ2) is 7.21. The Morgan fingerprint density at radius 1 is 1.19 bits per heavy atom. The van der Waals surface area contributed by atoms with E-state index in [1.807, 2.05) is 19.1 Å². The summed E-state index contributed by atoms with van der Waals surface area (Å²) in [4.78, 5) is 13.0. The van der Waals surface area contributed by atoms with Gasteiger partial charge in [0, 0.05) is 10.7 Å². The van der Waals surface area contributed by atoms with Crippen LogP contribution in [0.4, 0.5) is 10.1 Å². The molecular formula is C18H15ClFN5OS.